The van der Waals surface area contributed by atoms with Gasteiger partial charge in [0.1, 0.15) is 0 Å². The van der Waals surface area contributed by atoms with Gasteiger partial charge in [-0.3, -0.25) is 9.69 Å². The number of nitrogens with zero attached hydrogens (tertiary/aromatic N) is 1. The predicted octanol–water partition coefficient (Wildman–Crippen LogP) is 4.28. The first-order valence-electron chi connectivity index (χ1n) is 8.76. The summed E-state index contributed by atoms with van der Waals surface area (Å²) in [5.41, 5.74) is -0.206. The van der Waals surface area contributed by atoms with Crippen LogP contribution in [0.5, 0.6) is 0 Å². The molecule has 0 aromatic rings. The van der Waals surface area contributed by atoms with Gasteiger partial charge in [-0.15, -0.1) is 0 Å². The SMILES string of the molecule is CCC(C)(C(=O)C1CC(C)CC(C)C1)N1CCCCC1. The fourth-order valence-corrected chi connectivity index (χ4v) is 4.54. The van der Waals surface area contributed by atoms with Crippen molar-refractivity contribution in [3.05, 3.63) is 0 Å². The minimum Gasteiger partial charge on any atom is -0.297 e. The highest BCUT2D eigenvalue weighted by atomic mass is 16.1. The van der Waals surface area contributed by atoms with E-state index in [9.17, 15) is 4.79 Å². The Morgan fingerprint density at radius 3 is 2.10 bits per heavy atom. The molecule has 1 saturated carbocycles. The van der Waals surface area contributed by atoms with Crippen molar-refractivity contribution in [3.8, 4) is 0 Å². The minimum absolute atomic E-state index is 0.206. The third kappa shape index (κ3) is 3.27. The second kappa shape index (κ2) is 6.60. The van der Waals surface area contributed by atoms with E-state index >= 15 is 0 Å². The molecule has 3 atom stereocenters. The van der Waals surface area contributed by atoms with Gasteiger partial charge in [0.05, 0.1) is 5.54 Å². The molecule has 0 aromatic carbocycles. The summed E-state index contributed by atoms with van der Waals surface area (Å²) in [6.45, 7) is 11.3. The monoisotopic (exact) mass is 279 g/mol. The average Bonchev–Trinajstić information content (AvgIpc) is 2.45. The number of hydrogen-bond donors (Lipinski definition) is 0. The van der Waals surface area contributed by atoms with E-state index < -0.39 is 0 Å². The van der Waals surface area contributed by atoms with Crippen molar-refractivity contribution in [1.29, 1.82) is 0 Å². The molecule has 1 saturated heterocycles. The van der Waals surface area contributed by atoms with E-state index in [2.05, 4.69) is 32.6 Å². The lowest BCUT2D eigenvalue weighted by molar-refractivity contribution is -0.137. The summed E-state index contributed by atoms with van der Waals surface area (Å²) in [6.07, 6.45) is 8.36. The van der Waals surface area contributed by atoms with E-state index in [-0.39, 0.29) is 5.54 Å². The zero-order valence-electron chi connectivity index (χ0n) is 14.0. The molecule has 0 bridgehead atoms. The van der Waals surface area contributed by atoms with Crippen LogP contribution in [-0.4, -0.2) is 29.3 Å². The summed E-state index contributed by atoms with van der Waals surface area (Å²) >= 11 is 0. The smallest absolute Gasteiger partial charge is 0.155 e. The zero-order chi connectivity index (χ0) is 14.8. The van der Waals surface area contributed by atoms with Crippen molar-refractivity contribution >= 4 is 5.78 Å². The Kier molecular flexibility index (Phi) is 5.28. The number of Topliss-reactive ketones (excluding diaryl/α,β-unsaturated/α-hetero) is 1. The van der Waals surface area contributed by atoms with Gasteiger partial charge >= 0.3 is 0 Å². The van der Waals surface area contributed by atoms with Gasteiger partial charge in [-0.2, -0.15) is 0 Å². The van der Waals surface area contributed by atoms with E-state index in [1.54, 1.807) is 0 Å². The fraction of sp³-hybridized carbons (Fsp3) is 0.944. The van der Waals surface area contributed by atoms with Crippen molar-refractivity contribution in [3.63, 3.8) is 0 Å². The van der Waals surface area contributed by atoms with Crippen LogP contribution >= 0.6 is 0 Å². The largest absolute Gasteiger partial charge is 0.297 e. The maximum Gasteiger partial charge on any atom is 0.155 e. The van der Waals surface area contributed by atoms with Crippen LogP contribution in [0, 0.1) is 17.8 Å². The van der Waals surface area contributed by atoms with Gasteiger partial charge in [-0.25, -0.2) is 0 Å². The number of carbonyl (C=O) groups is 1. The number of likely N-dealkylation sites (tertiary alicyclic amines) is 1. The second-order valence-electron chi connectivity index (χ2n) is 7.65. The molecular weight excluding hydrogens is 246 g/mol. The van der Waals surface area contributed by atoms with Gasteiger partial charge in [-0.05, 0) is 70.4 Å². The molecule has 2 fully saturated rings. The van der Waals surface area contributed by atoms with Crippen molar-refractivity contribution in [1.82, 2.24) is 4.90 Å². The van der Waals surface area contributed by atoms with Crippen LogP contribution in [0.1, 0.15) is 72.6 Å². The zero-order valence-corrected chi connectivity index (χ0v) is 14.0. The van der Waals surface area contributed by atoms with Crippen LogP contribution in [0.25, 0.3) is 0 Å². The highest BCUT2D eigenvalue weighted by Gasteiger charge is 2.43. The van der Waals surface area contributed by atoms with E-state index in [1.165, 1.54) is 25.7 Å². The van der Waals surface area contributed by atoms with Crippen LogP contribution in [0.3, 0.4) is 0 Å². The summed E-state index contributed by atoms with van der Waals surface area (Å²) in [4.78, 5) is 15.7. The second-order valence-corrected chi connectivity index (χ2v) is 7.65. The fourth-order valence-electron chi connectivity index (χ4n) is 4.54. The minimum atomic E-state index is -0.206. The number of ketones is 1. The Hall–Kier alpha value is -0.370. The maximum atomic E-state index is 13.2. The highest BCUT2D eigenvalue weighted by molar-refractivity contribution is 5.90. The van der Waals surface area contributed by atoms with E-state index in [0.29, 0.717) is 11.7 Å². The molecule has 0 amide bonds. The molecule has 2 aliphatic rings. The average molecular weight is 279 g/mol. The summed E-state index contributed by atoms with van der Waals surface area (Å²) in [5.74, 6) is 2.28. The summed E-state index contributed by atoms with van der Waals surface area (Å²) in [6, 6.07) is 0. The van der Waals surface area contributed by atoms with Crippen LogP contribution in [0.15, 0.2) is 0 Å². The van der Waals surface area contributed by atoms with Crippen LogP contribution in [0.4, 0.5) is 0 Å². The Morgan fingerprint density at radius 2 is 1.60 bits per heavy atom. The lowest BCUT2D eigenvalue weighted by atomic mass is 9.70. The molecule has 20 heavy (non-hydrogen) atoms. The third-order valence-electron chi connectivity index (χ3n) is 5.82. The standard InChI is InChI=1S/C18H33NO/c1-5-18(4,19-9-7-6-8-10-19)17(20)16-12-14(2)11-15(3)13-16/h14-16H,5-13H2,1-4H3. The lowest BCUT2D eigenvalue weighted by Crippen LogP contribution is -2.56. The van der Waals surface area contributed by atoms with Gasteiger partial charge in [0, 0.05) is 5.92 Å². The first kappa shape index (κ1) is 16.0. The first-order chi connectivity index (χ1) is 9.47. The number of carbonyl (C=O) groups excluding carboxylic acids is 1. The molecular formula is C18H33NO. The van der Waals surface area contributed by atoms with Crippen molar-refractivity contribution in [2.45, 2.75) is 78.2 Å². The number of rotatable bonds is 4. The number of piperidine rings is 1. The van der Waals surface area contributed by atoms with Crippen LogP contribution in [0.2, 0.25) is 0 Å². The van der Waals surface area contributed by atoms with Gasteiger partial charge in [0.25, 0.3) is 0 Å². The molecule has 3 unspecified atom stereocenters. The Balaban J connectivity index is 2.10. The quantitative estimate of drug-likeness (QED) is 0.765. The van der Waals surface area contributed by atoms with E-state index in [0.717, 1.165) is 44.2 Å². The van der Waals surface area contributed by atoms with E-state index in [4.69, 9.17) is 0 Å². The molecule has 1 aliphatic carbocycles. The van der Waals surface area contributed by atoms with Crippen molar-refractivity contribution in [2.24, 2.45) is 17.8 Å². The molecule has 0 spiro atoms. The summed E-state index contributed by atoms with van der Waals surface area (Å²) in [5, 5.41) is 0. The Labute approximate surface area is 125 Å². The topological polar surface area (TPSA) is 20.3 Å². The normalized spacial score (nSPS) is 35.5. The summed E-state index contributed by atoms with van der Waals surface area (Å²) < 4.78 is 0. The molecule has 0 aromatic heterocycles. The van der Waals surface area contributed by atoms with Crippen LogP contribution in [-0.2, 0) is 4.79 Å². The van der Waals surface area contributed by atoms with Crippen LogP contribution < -0.4 is 0 Å². The maximum absolute atomic E-state index is 13.2. The molecule has 116 valence electrons. The van der Waals surface area contributed by atoms with Gasteiger partial charge in [0.15, 0.2) is 5.78 Å². The lowest BCUT2D eigenvalue weighted by Gasteiger charge is -2.45. The first-order valence-corrected chi connectivity index (χ1v) is 8.76. The highest BCUT2D eigenvalue weighted by Crippen LogP contribution is 2.38. The van der Waals surface area contributed by atoms with Gasteiger partial charge in [-0.1, -0.05) is 27.2 Å². The number of hydrogen-bond acceptors (Lipinski definition) is 2. The van der Waals surface area contributed by atoms with Crippen molar-refractivity contribution in [2.75, 3.05) is 13.1 Å². The molecule has 0 radical (unpaired) electrons. The molecule has 2 rings (SSSR count). The van der Waals surface area contributed by atoms with E-state index in [1.807, 2.05) is 0 Å². The molecule has 0 N–H and O–H groups in total. The Morgan fingerprint density at radius 1 is 1.05 bits per heavy atom. The molecule has 1 heterocycles. The third-order valence-corrected chi connectivity index (χ3v) is 5.82. The Bertz CT molecular complexity index is 324. The molecule has 2 heteroatoms. The summed E-state index contributed by atoms with van der Waals surface area (Å²) in [7, 11) is 0. The van der Waals surface area contributed by atoms with Gasteiger partial charge < -0.3 is 0 Å². The predicted molar refractivity (Wildman–Crippen MR) is 84.8 cm³/mol. The van der Waals surface area contributed by atoms with Gasteiger partial charge in [0.2, 0.25) is 0 Å². The van der Waals surface area contributed by atoms with Crippen molar-refractivity contribution < 1.29 is 4.79 Å². The molecule has 2 nitrogen and oxygen atoms in total. The molecule has 1 aliphatic heterocycles.